The molecule has 4 heteroatoms. The van der Waals surface area contributed by atoms with E-state index in [0.29, 0.717) is 11.1 Å². The number of hydrogen-bond acceptors (Lipinski definition) is 3. The van der Waals surface area contributed by atoms with E-state index in [1.807, 2.05) is 30.3 Å². The van der Waals surface area contributed by atoms with Crippen molar-refractivity contribution < 1.29 is 9.59 Å². The zero-order valence-corrected chi connectivity index (χ0v) is 10.8. The van der Waals surface area contributed by atoms with Gasteiger partial charge in [-0.05, 0) is 17.7 Å². The number of hydrogen-bond donors (Lipinski definition) is 1. The Morgan fingerprint density at radius 1 is 0.850 bits per heavy atom. The molecule has 2 aromatic carbocycles. The number of benzene rings is 2. The lowest BCUT2D eigenvalue weighted by Gasteiger charge is -2.19. The lowest BCUT2D eigenvalue weighted by atomic mass is 10.1. The van der Waals surface area contributed by atoms with E-state index in [4.69, 9.17) is 5.73 Å². The zero-order valence-electron chi connectivity index (χ0n) is 10.8. The molecule has 0 spiro atoms. The molecule has 3 rings (SSSR count). The van der Waals surface area contributed by atoms with Gasteiger partial charge in [0.25, 0.3) is 11.8 Å². The van der Waals surface area contributed by atoms with Crippen LogP contribution in [-0.2, 0) is 0 Å². The van der Waals surface area contributed by atoms with Crippen LogP contribution in [0.1, 0.15) is 32.3 Å². The number of nitrogens with two attached hydrogens (primary N) is 1. The molecule has 20 heavy (non-hydrogen) atoms. The summed E-state index contributed by atoms with van der Waals surface area (Å²) in [6, 6.07) is 15.9. The van der Waals surface area contributed by atoms with E-state index in [-0.39, 0.29) is 24.4 Å². The van der Waals surface area contributed by atoms with E-state index in [2.05, 4.69) is 0 Å². The van der Waals surface area contributed by atoms with Gasteiger partial charge in [-0.2, -0.15) is 0 Å². The van der Waals surface area contributed by atoms with Crippen LogP contribution in [0.15, 0.2) is 54.6 Å². The zero-order chi connectivity index (χ0) is 14.1. The maximum Gasteiger partial charge on any atom is 0.261 e. The number of rotatable bonds is 3. The van der Waals surface area contributed by atoms with Crippen LogP contribution < -0.4 is 5.73 Å². The van der Waals surface area contributed by atoms with Crippen molar-refractivity contribution in [1.29, 1.82) is 0 Å². The van der Waals surface area contributed by atoms with E-state index >= 15 is 0 Å². The summed E-state index contributed by atoms with van der Waals surface area (Å²) < 4.78 is 0. The van der Waals surface area contributed by atoms with Crippen LogP contribution in [0.3, 0.4) is 0 Å². The maximum absolute atomic E-state index is 12.2. The molecule has 0 unspecified atom stereocenters. The average Bonchev–Trinajstić information content (AvgIpc) is 2.74. The van der Waals surface area contributed by atoms with Gasteiger partial charge >= 0.3 is 0 Å². The fourth-order valence-electron chi connectivity index (χ4n) is 2.41. The molecular weight excluding hydrogens is 252 g/mol. The van der Waals surface area contributed by atoms with Crippen molar-refractivity contribution >= 4 is 11.8 Å². The maximum atomic E-state index is 12.2. The molecule has 2 amide bonds. The largest absolute Gasteiger partial charge is 0.322 e. The second-order valence-corrected chi connectivity index (χ2v) is 4.78. The Bertz CT molecular complexity index is 632. The number of nitrogens with zero attached hydrogens (tertiary/aromatic N) is 1. The molecule has 1 heterocycles. The van der Waals surface area contributed by atoms with Crippen LogP contribution in [0.25, 0.3) is 0 Å². The Hall–Kier alpha value is -2.46. The van der Waals surface area contributed by atoms with Crippen molar-refractivity contribution in [3.8, 4) is 0 Å². The van der Waals surface area contributed by atoms with E-state index in [0.717, 1.165) is 5.56 Å². The van der Waals surface area contributed by atoms with Crippen LogP contribution in [0.4, 0.5) is 0 Å². The number of carbonyl (C=O) groups is 2. The van der Waals surface area contributed by atoms with Crippen LogP contribution in [0.5, 0.6) is 0 Å². The summed E-state index contributed by atoms with van der Waals surface area (Å²) in [5.41, 5.74) is 7.91. The normalized spacial score (nSPS) is 15.3. The highest BCUT2D eigenvalue weighted by Crippen LogP contribution is 2.24. The molecule has 0 fully saturated rings. The fraction of sp³-hybridized carbons (Fsp3) is 0.125. The second kappa shape index (κ2) is 4.90. The van der Waals surface area contributed by atoms with Gasteiger partial charge < -0.3 is 5.73 Å². The lowest BCUT2D eigenvalue weighted by molar-refractivity contribution is 0.0645. The predicted octanol–water partition coefficient (Wildman–Crippen LogP) is 1.98. The predicted molar refractivity (Wildman–Crippen MR) is 75.2 cm³/mol. The monoisotopic (exact) mass is 266 g/mol. The van der Waals surface area contributed by atoms with Crippen LogP contribution in [-0.4, -0.2) is 23.3 Å². The quantitative estimate of drug-likeness (QED) is 0.864. The number of carbonyl (C=O) groups excluding carboxylic acids is 2. The van der Waals surface area contributed by atoms with Crippen LogP contribution in [0.2, 0.25) is 0 Å². The third-order valence-electron chi connectivity index (χ3n) is 3.49. The first kappa shape index (κ1) is 12.6. The van der Waals surface area contributed by atoms with Gasteiger partial charge in [-0.3, -0.25) is 14.5 Å². The van der Waals surface area contributed by atoms with Gasteiger partial charge in [0.1, 0.15) is 0 Å². The molecule has 0 aliphatic carbocycles. The van der Waals surface area contributed by atoms with Crippen LogP contribution in [0, 0.1) is 0 Å². The van der Waals surface area contributed by atoms with Crippen molar-refractivity contribution in [2.45, 2.75) is 6.04 Å². The molecular formula is C16H14N2O2. The molecule has 0 saturated carbocycles. The molecule has 0 saturated heterocycles. The number of imide groups is 1. The minimum Gasteiger partial charge on any atom is -0.322 e. The van der Waals surface area contributed by atoms with Crippen molar-refractivity contribution in [1.82, 2.24) is 4.90 Å². The van der Waals surface area contributed by atoms with Crippen molar-refractivity contribution in [3.63, 3.8) is 0 Å². The highest BCUT2D eigenvalue weighted by molar-refractivity contribution is 6.21. The second-order valence-electron chi connectivity index (χ2n) is 4.78. The molecule has 1 aliphatic heterocycles. The van der Waals surface area contributed by atoms with Gasteiger partial charge in [0.05, 0.1) is 11.1 Å². The third-order valence-corrected chi connectivity index (χ3v) is 3.49. The van der Waals surface area contributed by atoms with E-state index < -0.39 is 0 Å². The van der Waals surface area contributed by atoms with Gasteiger partial charge in [0.2, 0.25) is 0 Å². The Morgan fingerprint density at radius 2 is 1.35 bits per heavy atom. The Labute approximate surface area is 116 Å². The SMILES string of the molecule is N[C@@H](CN1C(=O)c2ccccc2C1=O)c1ccccc1. The summed E-state index contributed by atoms with van der Waals surface area (Å²) in [4.78, 5) is 25.7. The first-order chi connectivity index (χ1) is 9.68. The number of amides is 2. The topological polar surface area (TPSA) is 63.4 Å². The van der Waals surface area contributed by atoms with Gasteiger partial charge in [0, 0.05) is 12.6 Å². The minimum atomic E-state index is -0.376. The summed E-state index contributed by atoms with van der Waals surface area (Å²) >= 11 is 0. The highest BCUT2D eigenvalue weighted by Gasteiger charge is 2.35. The Kier molecular flexibility index (Phi) is 3.08. The van der Waals surface area contributed by atoms with Gasteiger partial charge in [0.15, 0.2) is 0 Å². The summed E-state index contributed by atoms with van der Waals surface area (Å²) in [5.74, 6) is -0.533. The molecule has 2 aromatic rings. The number of fused-ring (bicyclic) bond motifs is 1. The molecule has 0 aromatic heterocycles. The fourth-order valence-corrected chi connectivity index (χ4v) is 2.41. The summed E-state index contributed by atoms with van der Waals surface area (Å²) in [6.45, 7) is 0.191. The van der Waals surface area contributed by atoms with Gasteiger partial charge in [-0.25, -0.2) is 0 Å². The van der Waals surface area contributed by atoms with Crippen molar-refractivity contribution in [2.24, 2.45) is 5.73 Å². The smallest absolute Gasteiger partial charge is 0.261 e. The molecule has 2 N–H and O–H groups in total. The van der Waals surface area contributed by atoms with Crippen LogP contribution >= 0.6 is 0 Å². The molecule has 100 valence electrons. The van der Waals surface area contributed by atoms with E-state index in [1.165, 1.54) is 4.90 Å². The average molecular weight is 266 g/mol. The Morgan fingerprint density at radius 3 is 1.90 bits per heavy atom. The van der Waals surface area contributed by atoms with Gasteiger partial charge in [-0.15, -0.1) is 0 Å². The van der Waals surface area contributed by atoms with Gasteiger partial charge in [-0.1, -0.05) is 42.5 Å². The van der Waals surface area contributed by atoms with Crippen molar-refractivity contribution in [3.05, 3.63) is 71.3 Å². The lowest BCUT2D eigenvalue weighted by Crippen LogP contribution is -2.36. The minimum absolute atomic E-state index is 0.191. The standard InChI is InChI=1S/C16H14N2O2/c17-14(11-6-2-1-3-7-11)10-18-15(19)12-8-4-5-9-13(12)16(18)20/h1-9,14H,10,17H2/t14-/m0/s1. The molecule has 0 bridgehead atoms. The van der Waals surface area contributed by atoms with Crippen molar-refractivity contribution in [2.75, 3.05) is 6.54 Å². The molecule has 1 atom stereocenters. The highest BCUT2D eigenvalue weighted by atomic mass is 16.2. The van der Waals surface area contributed by atoms with E-state index in [1.54, 1.807) is 24.3 Å². The third kappa shape index (κ3) is 2.00. The Balaban J connectivity index is 1.84. The van der Waals surface area contributed by atoms with E-state index in [9.17, 15) is 9.59 Å². The molecule has 1 aliphatic rings. The first-order valence-corrected chi connectivity index (χ1v) is 6.44. The summed E-state index contributed by atoms with van der Waals surface area (Å²) in [6.07, 6.45) is 0. The first-order valence-electron chi connectivity index (χ1n) is 6.44. The summed E-state index contributed by atoms with van der Waals surface area (Å²) in [7, 11) is 0. The summed E-state index contributed by atoms with van der Waals surface area (Å²) in [5, 5.41) is 0. The molecule has 4 nitrogen and oxygen atoms in total. The molecule has 0 radical (unpaired) electrons.